The number of amides is 1. The lowest BCUT2D eigenvalue weighted by Crippen LogP contribution is -2.34. The first-order chi connectivity index (χ1) is 17.5. The van der Waals surface area contributed by atoms with Crippen LogP contribution in [0, 0.1) is 0 Å². The van der Waals surface area contributed by atoms with Gasteiger partial charge in [0, 0.05) is 5.39 Å². The molecule has 0 bridgehead atoms. The summed E-state index contributed by atoms with van der Waals surface area (Å²) in [7, 11) is 1.55. The minimum atomic E-state index is -0.693. The number of ether oxygens (including phenoxy) is 2. The summed E-state index contributed by atoms with van der Waals surface area (Å²) in [6.45, 7) is 2.17. The average molecular weight is 486 g/mol. The van der Waals surface area contributed by atoms with Gasteiger partial charge in [-0.3, -0.25) is 14.4 Å². The Kier molecular flexibility index (Phi) is 7.75. The fraction of sp³-hybridized carbons (Fsp3) is 0.214. The molecule has 1 heterocycles. The molecule has 1 atom stereocenters. The molecule has 3 aromatic carbocycles. The second kappa shape index (κ2) is 11.3. The third-order valence-corrected chi connectivity index (χ3v) is 5.74. The molecule has 4 rings (SSSR count). The van der Waals surface area contributed by atoms with Crippen LogP contribution in [0.3, 0.4) is 0 Å². The van der Waals surface area contributed by atoms with Gasteiger partial charge in [0.1, 0.15) is 5.75 Å². The molecular weight excluding hydrogens is 458 g/mol. The van der Waals surface area contributed by atoms with Crippen LogP contribution >= 0.6 is 0 Å². The van der Waals surface area contributed by atoms with Gasteiger partial charge in [-0.25, -0.2) is 4.68 Å². The number of hydrogen-bond acceptors (Lipinski definition) is 6. The molecule has 8 nitrogen and oxygen atoms in total. The third-order valence-electron chi connectivity index (χ3n) is 5.74. The molecule has 1 N–H and O–H groups in total. The number of nitrogens with zero attached hydrogens (tertiary/aromatic N) is 2. The Morgan fingerprint density at radius 3 is 2.42 bits per heavy atom. The van der Waals surface area contributed by atoms with Gasteiger partial charge in [-0.1, -0.05) is 60.7 Å². The van der Waals surface area contributed by atoms with Gasteiger partial charge in [-0.2, -0.15) is 5.10 Å². The van der Waals surface area contributed by atoms with Gasteiger partial charge in [-0.05, 0) is 36.2 Å². The van der Waals surface area contributed by atoms with Crippen molar-refractivity contribution in [3.05, 3.63) is 106 Å². The molecule has 4 aromatic rings. The largest absolute Gasteiger partial charge is 0.497 e. The number of carbonyl (C=O) groups is 2. The summed E-state index contributed by atoms with van der Waals surface area (Å²) in [4.78, 5) is 39.1. The van der Waals surface area contributed by atoms with Crippen molar-refractivity contribution in [2.24, 2.45) is 0 Å². The number of benzene rings is 3. The molecule has 1 aromatic heterocycles. The lowest BCUT2D eigenvalue weighted by Gasteiger charge is -2.20. The van der Waals surface area contributed by atoms with Crippen LogP contribution in [0.15, 0.2) is 83.7 Å². The summed E-state index contributed by atoms with van der Waals surface area (Å²) in [5.74, 6) is -0.363. The summed E-state index contributed by atoms with van der Waals surface area (Å²) in [6.07, 6.45) is -0.0751. The van der Waals surface area contributed by atoms with Crippen LogP contribution in [0.4, 0.5) is 0 Å². The lowest BCUT2D eigenvalue weighted by atomic mass is 10.0. The maximum absolute atomic E-state index is 13.6. The van der Waals surface area contributed by atoms with Crippen molar-refractivity contribution in [1.82, 2.24) is 15.1 Å². The van der Waals surface area contributed by atoms with E-state index < -0.39 is 17.9 Å². The first kappa shape index (κ1) is 24.7. The van der Waals surface area contributed by atoms with Gasteiger partial charge < -0.3 is 14.8 Å². The fourth-order valence-electron chi connectivity index (χ4n) is 3.99. The van der Waals surface area contributed by atoms with Crippen molar-refractivity contribution in [3.8, 4) is 5.75 Å². The van der Waals surface area contributed by atoms with E-state index in [-0.39, 0.29) is 30.8 Å². The van der Waals surface area contributed by atoms with Gasteiger partial charge in [0.15, 0.2) is 5.69 Å². The molecule has 0 saturated carbocycles. The Balaban J connectivity index is 1.73. The van der Waals surface area contributed by atoms with E-state index in [0.717, 1.165) is 5.56 Å². The highest BCUT2D eigenvalue weighted by Crippen LogP contribution is 2.23. The van der Waals surface area contributed by atoms with E-state index in [0.29, 0.717) is 22.1 Å². The van der Waals surface area contributed by atoms with Crippen LogP contribution < -0.4 is 15.6 Å². The Morgan fingerprint density at radius 1 is 0.972 bits per heavy atom. The van der Waals surface area contributed by atoms with E-state index in [1.165, 1.54) is 4.68 Å². The average Bonchev–Trinajstić information content (AvgIpc) is 2.90. The summed E-state index contributed by atoms with van der Waals surface area (Å²) >= 11 is 0. The SMILES string of the molecule is CCOC(=O)CC(NC(=O)c1nn(Cc2ccccc2)c(=O)c2ccccc12)c1cccc(OC)c1. The van der Waals surface area contributed by atoms with E-state index in [1.54, 1.807) is 62.6 Å². The van der Waals surface area contributed by atoms with E-state index in [9.17, 15) is 14.4 Å². The minimum absolute atomic E-state index is 0.0751. The number of aromatic nitrogens is 2. The molecule has 1 unspecified atom stereocenters. The number of carbonyl (C=O) groups excluding carboxylic acids is 2. The molecular formula is C28H27N3O5. The predicted octanol–water partition coefficient (Wildman–Crippen LogP) is 3.88. The maximum atomic E-state index is 13.6. The Morgan fingerprint density at radius 2 is 1.69 bits per heavy atom. The molecule has 0 saturated heterocycles. The normalized spacial score (nSPS) is 11.6. The van der Waals surface area contributed by atoms with Crippen molar-refractivity contribution in [2.45, 2.75) is 25.9 Å². The number of methoxy groups -OCH3 is 1. The first-order valence-electron chi connectivity index (χ1n) is 11.6. The molecule has 0 aliphatic heterocycles. The molecule has 36 heavy (non-hydrogen) atoms. The number of hydrogen-bond donors (Lipinski definition) is 1. The molecule has 8 heteroatoms. The monoisotopic (exact) mass is 485 g/mol. The predicted molar refractivity (Wildman–Crippen MR) is 136 cm³/mol. The van der Waals surface area contributed by atoms with Crippen molar-refractivity contribution < 1.29 is 19.1 Å². The van der Waals surface area contributed by atoms with E-state index in [1.807, 2.05) is 30.3 Å². The molecule has 0 aliphatic rings. The Bertz CT molecular complexity index is 1430. The maximum Gasteiger partial charge on any atom is 0.308 e. The van der Waals surface area contributed by atoms with Crippen LogP contribution in [-0.2, 0) is 16.1 Å². The highest BCUT2D eigenvalue weighted by molar-refractivity contribution is 6.05. The molecule has 0 fully saturated rings. The zero-order valence-electron chi connectivity index (χ0n) is 20.1. The van der Waals surface area contributed by atoms with Gasteiger partial charge in [0.25, 0.3) is 11.5 Å². The van der Waals surface area contributed by atoms with Crippen LogP contribution in [0.2, 0.25) is 0 Å². The number of rotatable bonds is 9. The van der Waals surface area contributed by atoms with Gasteiger partial charge >= 0.3 is 5.97 Å². The molecule has 184 valence electrons. The molecule has 0 radical (unpaired) electrons. The number of nitrogens with one attached hydrogen (secondary N) is 1. The molecule has 1 amide bonds. The number of fused-ring (bicyclic) bond motifs is 1. The van der Waals surface area contributed by atoms with E-state index >= 15 is 0 Å². The third kappa shape index (κ3) is 5.60. The standard InChI is InChI=1S/C28H27N3O5/c1-3-36-25(32)17-24(20-12-9-13-21(16-20)35-2)29-27(33)26-22-14-7-8-15-23(22)28(34)31(30-26)18-19-10-5-4-6-11-19/h4-16,24H,3,17-18H2,1-2H3,(H,29,33). The lowest BCUT2D eigenvalue weighted by molar-refractivity contribution is -0.143. The second-order valence-electron chi connectivity index (χ2n) is 8.15. The van der Waals surface area contributed by atoms with Crippen LogP contribution in [0.25, 0.3) is 10.8 Å². The van der Waals surface area contributed by atoms with Crippen LogP contribution in [0.1, 0.15) is 41.0 Å². The van der Waals surface area contributed by atoms with Crippen molar-refractivity contribution in [2.75, 3.05) is 13.7 Å². The topological polar surface area (TPSA) is 99.5 Å². The van der Waals surface area contributed by atoms with Gasteiger partial charge in [-0.15, -0.1) is 0 Å². The number of esters is 1. The second-order valence-corrected chi connectivity index (χ2v) is 8.15. The van der Waals surface area contributed by atoms with Crippen LogP contribution in [-0.4, -0.2) is 35.4 Å². The van der Waals surface area contributed by atoms with Crippen molar-refractivity contribution >= 4 is 22.6 Å². The van der Waals surface area contributed by atoms with Gasteiger partial charge in [0.2, 0.25) is 0 Å². The summed E-state index contributed by atoms with van der Waals surface area (Å²) in [5, 5.41) is 8.18. The van der Waals surface area contributed by atoms with Crippen molar-refractivity contribution in [3.63, 3.8) is 0 Å². The fourth-order valence-corrected chi connectivity index (χ4v) is 3.99. The molecule has 0 aliphatic carbocycles. The Labute approximate surface area is 208 Å². The van der Waals surface area contributed by atoms with Gasteiger partial charge in [0.05, 0.1) is 38.1 Å². The zero-order chi connectivity index (χ0) is 25.5. The smallest absolute Gasteiger partial charge is 0.308 e. The zero-order valence-corrected chi connectivity index (χ0v) is 20.1. The van der Waals surface area contributed by atoms with E-state index in [4.69, 9.17) is 9.47 Å². The highest BCUT2D eigenvalue weighted by Gasteiger charge is 2.24. The summed E-state index contributed by atoms with van der Waals surface area (Å²) in [6, 6.07) is 22.7. The minimum Gasteiger partial charge on any atom is -0.497 e. The summed E-state index contributed by atoms with van der Waals surface area (Å²) < 4.78 is 11.7. The molecule has 0 spiro atoms. The van der Waals surface area contributed by atoms with E-state index in [2.05, 4.69) is 10.4 Å². The summed E-state index contributed by atoms with van der Waals surface area (Å²) in [5.41, 5.74) is 1.36. The first-order valence-corrected chi connectivity index (χ1v) is 11.6. The van der Waals surface area contributed by atoms with Crippen molar-refractivity contribution in [1.29, 1.82) is 0 Å². The van der Waals surface area contributed by atoms with Crippen LogP contribution in [0.5, 0.6) is 5.75 Å². The highest BCUT2D eigenvalue weighted by atomic mass is 16.5. The Hall–Kier alpha value is -4.46. The quantitative estimate of drug-likeness (QED) is 0.361.